The summed E-state index contributed by atoms with van der Waals surface area (Å²) in [5, 5.41) is 12.0. The minimum absolute atomic E-state index is 0.220. The molecule has 2 aromatic rings. The molecule has 0 radical (unpaired) electrons. The number of carboxylic acids is 1. The lowest BCUT2D eigenvalue weighted by molar-refractivity contribution is 0.0697. The fourth-order valence-corrected chi connectivity index (χ4v) is 3.18. The summed E-state index contributed by atoms with van der Waals surface area (Å²) in [6, 6.07) is 4.91. The molecule has 0 aliphatic carbocycles. The maximum Gasteiger partial charge on any atom is 0.335 e. The van der Waals surface area contributed by atoms with Gasteiger partial charge in [0.25, 0.3) is 0 Å². The van der Waals surface area contributed by atoms with E-state index in [1.807, 2.05) is 11.6 Å². The van der Waals surface area contributed by atoms with E-state index in [2.05, 4.69) is 14.8 Å². The van der Waals surface area contributed by atoms with Crippen LogP contribution in [0, 0.1) is 0 Å². The van der Waals surface area contributed by atoms with Gasteiger partial charge in [0.05, 0.1) is 16.9 Å². The van der Waals surface area contributed by atoms with Gasteiger partial charge in [0, 0.05) is 37.8 Å². The third-order valence-electron chi connectivity index (χ3n) is 3.58. The van der Waals surface area contributed by atoms with Crippen LogP contribution in [0.5, 0.6) is 0 Å². The Hall–Kier alpha value is -2.28. The molecule has 0 bridgehead atoms. The highest BCUT2D eigenvalue weighted by molar-refractivity contribution is 7.13. The van der Waals surface area contributed by atoms with Gasteiger partial charge in [-0.3, -0.25) is 0 Å². The monoisotopic (exact) mass is 304 g/mol. The first kappa shape index (κ1) is 13.7. The highest BCUT2D eigenvalue weighted by Gasteiger charge is 2.20. The number of nitrogens with zero attached hydrogens (tertiary/aromatic N) is 3. The SMILES string of the molecule is Nc1cc(C(=O)O)ccc1N1CCN(c2nccs2)CC1. The van der Waals surface area contributed by atoms with Crippen LogP contribution in [0.4, 0.5) is 16.5 Å². The Morgan fingerprint density at radius 3 is 2.52 bits per heavy atom. The standard InChI is InChI=1S/C14H16N4O2S/c15-11-9-10(13(19)20)1-2-12(11)17-4-6-18(7-5-17)14-16-3-8-21-14/h1-3,8-9H,4-7,15H2,(H,19,20). The zero-order valence-electron chi connectivity index (χ0n) is 11.4. The van der Waals surface area contributed by atoms with Crippen molar-refractivity contribution in [2.24, 2.45) is 0 Å². The highest BCUT2D eigenvalue weighted by Crippen LogP contribution is 2.27. The normalized spacial score (nSPS) is 15.2. The van der Waals surface area contributed by atoms with E-state index in [0.717, 1.165) is 37.0 Å². The first-order valence-corrected chi connectivity index (χ1v) is 7.55. The molecule has 0 atom stereocenters. The number of aromatic nitrogens is 1. The Kier molecular flexibility index (Phi) is 3.66. The van der Waals surface area contributed by atoms with Gasteiger partial charge in [0.2, 0.25) is 0 Å². The Bertz CT molecular complexity index is 636. The molecule has 1 fully saturated rings. The van der Waals surface area contributed by atoms with Crippen molar-refractivity contribution in [2.45, 2.75) is 0 Å². The van der Waals surface area contributed by atoms with Crippen LogP contribution in [0.25, 0.3) is 0 Å². The van der Waals surface area contributed by atoms with E-state index >= 15 is 0 Å². The van der Waals surface area contributed by atoms with E-state index in [1.165, 1.54) is 6.07 Å². The number of rotatable bonds is 3. The first-order chi connectivity index (χ1) is 10.1. The lowest BCUT2D eigenvalue weighted by Crippen LogP contribution is -2.46. The molecule has 0 amide bonds. The summed E-state index contributed by atoms with van der Waals surface area (Å²) in [7, 11) is 0. The molecular weight excluding hydrogens is 288 g/mol. The van der Waals surface area contributed by atoms with E-state index in [9.17, 15) is 4.79 Å². The van der Waals surface area contributed by atoms with Crippen molar-refractivity contribution in [2.75, 3.05) is 41.7 Å². The van der Waals surface area contributed by atoms with Crippen LogP contribution < -0.4 is 15.5 Å². The average Bonchev–Trinajstić information content (AvgIpc) is 3.01. The largest absolute Gasteiger partial charge is 0.478 e. The number of carbonyl (C=O) groups is 1. The molecule has 0 saturated carbocycles. The van der Waals surface area contributed by atoms with Crippen molar-refractivity contribution < 1.29 is 9.90 Å². The molecule has 1 saturated heterocycles. The summed E-state index contributed by atoms with van der Waals surface area (Å²) in [6.45, 7) is 3.45. The van der Waals surface area contributed by atoms with Gasteiger partial charge in [0.15, 0.2) is 5.13 Å². The molecule has 1 aromatic heterocycles. The van der Waals surface area contributed by atoms with E-state index in [0.29, 0.717) is 5.69 Å². The molecule has 3 N–H and O–H groups in total. The van der Waals surface area contributed by atoms with Crippen molar-refractivity contribution in [3.8, 4) is 0 Å². The summed E-state index contributed by atoms with van der Waals surface area (Å²) in [5.41, 5.74) is 7.62. The van der Waals surface area contributed by atoms with Gasteiger partial charge < -0.3 is 20.6 Å². The van der Waals surface area contributed by atoms with Crippen LogP contribution in [0.15, 0.2) is 29.8 Å². The summed E-state index contributed by atoms with van der Waals surface area (Å²) in [4.78, 5) is 19.7. The Balaban J connectivity index is 1.71. The first-order valence-electron chi connectivity index (χ1n) is 6.67. The van der Waals surface area contributed by atoms with Gasteiger partial charge in [-0.25, -0.2) is 9.78 Å². The van der Waals surface area contributed by atoms with Crippen LogP contribution in [0.1, 0.15) is 10.4 Å². The number of nitrogens with two attached hydrogens (primary N) is 1. The molecule has 1 aromatic carbocycles. The average molecular weight is 304 g/mol. The Labute approximate surface area is 126 Å². The van der Waals surface area contributed by atoms with Crippen molar-refractivity contribution >= 4 is 33.8 Å². The molecule has 1 aliphatic rings. The van der Waals surface area contributed by atoms with Gasteiger partial charge in [-0.15, -0.1) is 11.3 Å². The second kappa shape index (κ2) is 5.61. The Morgan fingerprint density at radius 2 is 1.95 bits per heavy atom. The molecule has 1 aliphatic heterocycles. The van der Waals surface area contributed by atoms with Crippen molar-refractivity contribution in [1.82, 2.24) is 4.98 Å². The van der Waals surface area contributed by atoms with Gasteiger partial charge in [0.1, 0.15) is 0 Å². The van der Waals surface area contributed by atoms with E-state index < -0.39 is 5.97 Å². The maximum atomic E-state index is 10.9. The van der Waals surface area contributed by atoms with Gasteiger partial charge >= 0.3 is 5.97 Å². The number of hydrogen-bond donors (Lipinski definition) is 2. The third-order valence-corrected chi connectivity index (χ3v) is 4.42. The second-order valence-electron chi connectivity index (χ2n) is 4.87. The summed E-state index contributed by atoms with van der Waals surface area (Å²) < 4.78 is 0. The predicted molar refractivity (Wildman–Crippen MR) is 84.4 cm³/mol. The molecule has 7 heteroatoms. The minimum Gasteiger partial charge on any atom is -0.478 e. The van der Waals surface area contributed by atoms with Crippen LogP contribution in [0.3, 0.4) is 0 Å². The van der Waals surface area contributed by atoms with E-state index in [1.54, 1.807) is 23.5 Å². The van der Waals surface area contributed by atoms with Crippen LogP contribution >= 0.6 is 11.3 Å². The maximum absolute atomic E-state index is 10.9. The Morgan fingerprint density at radius 1 is 1.24 bits per heavy atom. The fourth-order valence-electron chi connectivity index (χ4n) is 2.49. The number of piperazine rings is 1. The predicted octanol–water partition coefficient (Wildman–Crippen LogP) is 1.75. The number of carboxylic acid groups (broad SMARTS) is 1. The molecule has 2 heterocycles. The van der Waals surface area contributed by atoms with Crippen LogP contribution in [-0.2, 0) is 0 Å². The van der Waals surface area contributed by atoms with Gasteiger partial charge in [-0.2, -0.15) is 0 Å². The third kappa shape index (κ3) is 2.78. The molecule has 0 spiro atoms. The molecule has 21 heavy (non-hydrogen) atoms. The molecule has 0 unspecified atom stereocenters. The molecular formula is C14H16N4O2S. The lowest BCUT2D eigenvalue weighted by Gasteiger charge is -2.36. The summed E-state index contributed by atoms with van der Waals surface area (Å²) >= 11 is 1.64. The quantitative estimate of drug-likeness (QED) is 0.841. The van der Waals surface area contributed by atoms with Crippen LogP contribution in [0.2, 0.25) is 0 Å². The topological polar surface area (TPSA) is 82.7 Å². The number of anilines is 3. The zero-order chi connectivity index (χ0) is 14.8. The number of thiazole rings is 1. The number of aromatic carboxylic acids is 1. The van der Waals surface area contributed by atoms with Gasteiger partial charge in [-0.1, -0.05) is 0 Å². The zero-order valence-corrected chi connectivity index (χ0v) is 12.2. The van der Waals surface area contributed by atoms with Crippen molar-refractivity contribution in [3.63, 3.8) is 0 Å². The molecule has 6 nitrogen and oxygen atoms in total. The van der Waals surface area contributed by atoms with Crippen molar-refractivity contribution in [1.29, 1.82) is 0 Å². The number of benzene rings is 1. The fraction of sp³-hybridized carbons (Fsp3) is 0.286. The minimum atomic E-state index is -0.957. The van der Waals surface area contributed by atoms with Gasteiger partial charge in [-0.05, 0) is 18.2 Å². The van der Waals surface area contributed by atoms with Crippen LogP contribution in [-0.4, -0.2) is 42.2 Å². The molecule has 3 rings (SSSR count). The highest BCUT2D eigenvalue weighted by atomic mass is 32.1. The second-order valence-corrected chi connectivity index (χ2v) is 5.74. The van der Waals surface area contributed by atoms with E-state index in [-0.39, 0.29) is 5.56 Å². The lowest BCUT2D eigenvalue weighted by atomic mass is 10.1. The molecule has 110 valence electrons. The van der Waals surface area contributed by atoms with Crippen molar-refractivity contribution in [3.05, 3.63) is 35.3 Å². The van der Waals surface area contributed by atoms with E-state index in [4.69, 9.17) is 10.8 Å². The summed E-state index contributed by atoms with van der Waals surface area (Å²) in [6.07, 6.45) is 1.81. The number of hydrogen-bond acceptors (Lipinski definition) is 6. The summed E-state index contributed by atoms with van der Waals surface area (Å²) in [5.74, 6) is -0.957. The smallest absolute Gasteiger partial charge is 0.335 e. The number of nitrogen functional groups attached to an aromatic ring is 1.